The molecule has 1 aliphatic rings. The molecule has 5 atom stereocenters. The third-order valence-corrected chi connectivity index (χ3v) is 16.9. The highest BCUT2D eigenvalue weighted by Gasteiger charge is 2.44. The minimum Gasteiger partial charge on any atom is -0.491 e. The van der Waals surface area contributed by atoms with Crippen molar-refractivity contribution >= 4 is 8.07 Å². The van der Waals surface area contributed by atoms with Crippen molar-refractivity contribution in [3.8, 4) is 34.9 Å². The van der Waals surface area contributed by atoms with Crippen LogP contribution in [0.3, 0.4) is 0 Å². The third kappa shape index (κ3) is 24.8. The van der Waals surface area contributed by atoms with Gasteiger partial charge in [-0.1, -0.05) is 149 Å². The molecule has 0 amide bonds. The van der Waals surface area contributed by atoms with Crippen LogP contribution in [0.1, 0.15) is 153 Å². The molecule has 2 aromatic heterocycles. The summed E-state index contributed by atoms with van der Waals surface area (Å²) < 4.78 is 39.1. The second-order valence-electron chi connectivity index (χ2n) is 19.2. The van der Waals surface area contributed by atoms with Crippen LogP contribution in [-0.4, -0.2) is 136 Å². The Labute approximate surface area is 404 Å². The van der Waals surface area contributed by atoms with Gasteiger partial charge in [-0.25, -0.2) is 9.97 Å². The van der Waals surface area contributed by atoms with Crippen LogP contribution in [0.15, 0.2) is 30.3 Å². The van der Waals surface area contributed by atoms with Crippen molar-refractivity contribution in [2.75, 3.05) is 66.6 Å². The first kappa shape index (κ1) is 58.2. The quantitative estimate of drug-likeness (QED) is 0.0299. The maximum atomic E-state index is 10.1. The number of aliphatic hydroxyl groups is 4. The average molecular weight is 955 g/mol. The monoisotopic (exact) mass is 955 g/mol. The summed E-state index contributed by atoms with van der Waals surface area (Å²) in [6.07, 6.45) is 16.0. The van der Waals surface area contributed by atoms with E-state index in [2.05, 4.69) is 62.2 Å². The predicted octanol–water partition coefficient (Wildman–Crippen LogP) is 8.55. The van der Waals surface area contributed by atoms with Gasteiger partial charge in [0.15, 0.2) is 6.29 Å². The van der Waals surface area contributed by atoms with Crippen molar-refractivity contribution in [1.29, 1.82) is 0 Å². The molecule has 0 aromatic carbocycles. The Morgan fingerprint density at radius 3 is 1.64 bits per heavy atom. The molecule has 4 N–H and O–H groups in total. The first-order valence-electron chi connectivity index (χ1n) is 25.2. The minimum atomic E-state index is -1.85. The number of ether oxygens (including phenoxy) is 7. The highest BCUT2D eigenvalue weighted by atomic mass is 28.3. The molecule has 0 spiro atoms. The van der Waals surface area contributed by atoms with Crippen LogP contribution in [0.2, 0.25) is 18.1 Å². The van der Waals surface area contributed by atoms with Crippen molar-refractivity contribution < 1.29 is 53.6 Å². The summed E-state index contributed by atoms with van der Waals surface area (Å²) in [5.41, 5.74) is 5.36. The number of methoxy groups -OCH3 is 1. The topological polar surface area (TPSA) is 171 Å². The number of aromatic nitrogens is 2. The summed E-state index contributed by atoms with van der Waals surface area (Å²) in [6.45, 7) is 14.8. The van der Waals surface area contributed by atoms with Crippen LogP contribution in [0.5, 0.6) is 11.6 Å². The minimum absolute atomic E-state index is 0.128. The Kier molecular flexibility index (Phi) is 29.7. The number of aliphatic hydroxyl groups excluding tert-OH is 4. The summed E-state index contributed by atoms with van der Waals surface area (Å²) in [5.74, 6) is 10.9. The number of hydrogen-bond acceptors (Lipinski definition) is 13. The molecule has 1 aliphatic heterocycles. The lowest BCUT2D eigenvalue weighted by atomic mass is 9.99. The van der Waals surface area contributed by atoms with Crippen LogP contribution in [0.25, 0.3) is 0 Å². The second kappa shape index (κ2) is 34.2. The van der Waals surface area contributed by atoms with Gasteiger partial charge in [-0.2, -0.15) is 0 Å². The van der Waals surface area contributed by atoms with Gasteiger partial charge in [0.25, 0.3) is 0 Å². The van der Waals surface area contributed by atoms with Gasteiger partial charge in [0.2, 0.25) is 5.88 Å². The highest BCUT2D eigenvalue weighted by Crippen LogP contribution is 2.35. The van der Waals surface area contributed by atoms with E-state index in [0.717, 1.165) is 32.1 Å². The fraction of sp³-hybridized carbons (Fsp3) is 0.736. The van der Waals surface area contributed by atoms with Crippen LogP contribution in [0.4, 0.5) is 0 Å². The standard InChI is InChI=1S/C53H86N2O11Si/c1-53(2,3)67(5,6)39-30-45-41-46(63-38-37-62-36-35-61-34-33-60-4)40-44(54-45)29-28-43-26-25-27-48(55-43)64-31-23-21-19-17-15-13-11-9-7-8-10-12-14-16-18-20-22-24-32-65-52-51(59)50(58)49(57)47(42-56)66-52/h25-27,40-41,47,49-52,56-59H,7-24,31-38,42H2,1-6H3/t47-,49-,50+,51-,52-/m1/s1. The van der Waals surface area contributed by atoms with Crippen molar-refractivity contribution in [3.63, 3.8) is 0 Å². The van der Waals surface area contributed by atoms with Gasteiger partial charge in [0.05, 0.1) is 46.2 Å². The summed E-state index contributed by atoms with van der Waals surface area (Å²) in [4.78, 5) is 9.39. The highest BCUT2D eigenvalue weighted by molar-refractivity contribution is 6.87. The molecule has 13 nitrogen and oxygen atoms in total. The van der Waals surface area contributed by atoms with Crippen LogP contribution < -0.4 is 9.47 Å². The zero-order valence-corrected chi connectivity index (χ0v) is 42.9. The molecule has 2 aromatic rings. The van der Waals surface area contributed by atoms with Crippen LogP contribution in [-0.2, 0) is 23.7 Å². The lowest BCUT2D eigenvalue weighted by Gasteiger charge is -2.39. The van der Waals surface area contributed by atoms with Crippen molar-refractivity contribution in [2.45, 2.75) is 185 Å². The van der Waals surface area contributed by atoms with Gasteiger partial charge in [0.1, 0.15) is 61.9 Å². The van der Waals surface area contributed by atoms with E-state index in [9.17, 15) is 20.4 Å². The lowest BCUT2D eigenvalue weighted by Crippen LogP contribution is -2.59. The summed E-state index contributed by atoms with van der Waals surface area (Å²) in [7, 11) is -0.203. The average Bonchev–Trinajstić information content (AvgIpc) is 3.31. The lowest BCUT2D eigenvalue weighted by molar-refractivity contribution is -0.301. The molecule has 0 aliphatic carbocycles. The molecule has 67 heavy (non-hydrogen) atoms. The Hall–Kier alpha value is -3.12. The van der Waals surface area contributed by atoms with Gasteiger partial charge < -0.3 is 53.6 Å². The molecule has 3 heterocycles. The zero-order valence-electron chi connectivity index (χ0n) is 41.9. The molecule has 1 saturated heterocycles. The Morgan fingerprint density at radius 1 is 0.582 bits per heavy atom. The van der Waals surface area contributed by atoms with Crippen molar-refractivity contribution in [3.05, 3.63) is 47.4 Å². The smallest absolute Gasteiger partial charge is 0.214 e. The molecule has 1 fully saturated rings. The Bertz CT molecular complexity index is 1730. The third-order valence-electron chi connectivity index (χ3n) is 12.4. The molecule has 0 saturated carbocycles. The number of rotatable bonds is 34. The van der Waals surface area contributed by atoms with E-state index in [-0.39, 0.29) is 5.04 Å². The van der Waals surface area contributed by atoms with E-state index >= 15 is 0 Å². The number of nitrogens with zero attached hydrogens (tertiary/aromatic N) is 2. The maximum Gasteiger partial charge on any atom is 0.214 e. The van der Waals surface area contributed by atoms with E-state index in [4.69, 9.17) is 38.1 Å². The molecular formula is C53H86N2O11Si. The molecule has 0 bridgehead atoms. The molecular weight excluding hydrogens is 869 g/mol. The largest absolute Gasteiger partial charge is 0.491 e. The van der Waals surface area contributed by atoms with E-state index in [1.807, 2.05) is 30.3 Å². The van der Waals surface area contributed by atoms with Gasteiger partial charge in [-0.15, -0.1) is 5.54 Å². The summed E-state index contributed by atoms with van der Waals surface area (Å²) in [5, 5.41) is 39.2. The fourth-order valence-corrected chi connectivity index (χ4v) is 7.93. The summed E-state index contributed by atoms with van der Waals surface area (Å²) >= 11 is 0. The first-order valence-corrected chi connectivity index (χ1v) is 28.2. The number of pyridine rings is 2. The first-order chi connectivity index (χ1) is 32.3. The maximum absolute atomic E-state index is 10.1. The Morgan fingerprint density at radius 2 is 1.09 bits per heavy atom. The molecule has 3 rings (SSSR count). The molecule has 14 heteroatoms. The molecule has 378 valence electrons. The molecule has 0 radical (unpaired) electrons. The van der Waals surface area contributed by atoms with E-state index in [0.29, 0.717) is 81.6 Å². The number of unbranched alkanes of at least 4 members (excludes halogenated alkanes) is 17. The Balaban J connectivity index is 1.22. The zero-order chi connectivity index (χ0) is 48.6. The van der Waals surface area contributed by atoms with Gasteiger partial charge in [-0.3, -0.25) is 0 Å². The number of hydrogen-bond donors (Lipinski definition) is 4. The van der Waals surface area contributed by atoms with E-state index < -0.39 is 45.4 Å². The van der Waals surface area contributed by atoms with Gasteiger partial charge in [-0.05, 0) is 35.8 Å². The second-order valence-corrected chi connectivity index (χ2v) is 24.2. The van der Waals surface area contributed by atoms with E-state index in [1.54, 1.807) is 7.11 Å². The summed E-state index contributed by atoms with van der Waals surface area (Å²) in [6, 6.07) is 9.38. The normalized spacial score (nSPS) is 18.5. The SMILES string of the molecule is COCCOCCOCCOc1cc(C#Cc2cccc(OCCCCCCCCCCCCCCCCCCCCO[C@@H]3O[C@H](CO)[C@@H](O)[C@H](O)[C@H]3O)n2)nc(C#C[Si](C)(C)C(C)(C)C)c1. The van der Waals surface area contributed by atoms with Crippen LogP contribution in [0, 0.1) is 23.3 Å². The predicted molar refractivity (Wildman–Crippen MR) is 266 cm³/mol. The van der Waals surface area contributed by atoms with E-state index in [1.165, 1.54) is 83.5 Å². The molecule has 0 unspecified atom stereocenters. The van der Waals surface area contributed by atoms with Crippen LogP contribution >= 0.6 is 0 Å². The van der Waals surface area contributed by atoms with Crippen molar-refractivity contribution in [1.82, 2.24) is 9.97 Å². The van der Waals surface area contributed by atoms with Crippen molar-refractivity contribution in [2.24, 2.45) is 0 Å². The fourth-order valence-electron chi connectivity index (χ4n) is 7.11. The van der Waals surface area contributed by atoms with Gasteiger partial charge >= 0.3 is 0 Å². The van der Waals surface area contributed by atoms with Gasteiger partial charge in [0, 0.05) is 31.9 Å².